The number of alkyl halides is 3. The van der Waals surface area contributed by atoms with E-state index in [1.165, 1.54) is 12.1 Å². The molecule has 0 spiro atoms. The number of hydrogen-bond acceptors (Lipinski definition) is 4. The fourth-order valence-corrected chi connectivity index (χ4v) is 2.02. The van der Waals surface area contributed by atoms with Gasteiger partial charge in [-0.05, 0) is 24.7 Å². The predicted octanol–water partition coefficient (Wildman–Crippen LogP) is 3.63. The van der Waals surface area contributed by atoms with Crippen molar-refractivity contribution in [2.24, 2.45) is 0 Å². The zero-order valence-corrected chi connectivity index (χ0v) is 12.0. The first-order chi connectivity index (χ1) is 9.41. The molecule has 1 heterocycles. The molecule has 2 rings (SSSR count). The molecule has 8 heteroatoms. The van der Waals surface area contributed by atoms with Crippen molar-refractivity contribution in [1.82, 2.24) is 15.5 Å². The lowest BCUT2D eigenvalue weighted by Gasteiger charge is -2.09. The lowest BCUT2D eigenvalue weighted by atomic mass is 10.1. The fourth-order valence-electron chi connectivity index (χ4n) is 1.55. The highest BCUT2D eigenvalue weighted by molar-refractivity contribution is 9.10. The summed E-state index contributed by atoms with van der Waals surface area (Å²) in [5, 5.41) is 10.5. The standard InChI is InChI=1S/C12H11BrF3N3O/c1-2-17-6-10-18-19-11(20-10)7-3-4-9(13)8(5-7)12(14,15)16/h3-5,17H,2,6H2,1H3. The van der Waals surface area contributed by atoms with Crippen LogP contribution in [0.15, 0.2) is 27.1 Å². The summed E-state index contributed by atoms with van der Waals surface area (Å²) in [6.07, 6.45) is -4.44. The Morgan fingerprint density at radius 2 is 2.05 bits per heavy atom. The van der Waals surface area contributed by atoms with Gasteiger partial charge < -0.3 is 9.73 Å². The van der Waals surface area contributed by atoms with E-state index in [1.807, 2.05) is 6.92 Å². The fraction of sp³-hybridized carbons (Fsp3) is 0.333. The molecule has 0 radical (unpaired) electrons. The van der Waals surface area contributed by atoms with Crippen LogP contribution in [0.25, 0.3) is 11.5 Å². The predicted molar refractivity (Wildman–Crippen MR) is 69.8 cm³/mol. The van der Waals surface area contributed by atoms with Crippen LogP contribution in [0.4, 0.5) is 13.2 Å². The molecule has 1 N–H and O–H groups in total. The number of nitrogens with zero attached hydrogens (tertiary/aromatic N) is 2. The molecular formula is C12H11BrF3N3O. The van der Waals surface area contributed by atoms with Crippen molar-refractivity contribution in [3.63, 3.8) is 0 Å². The second-order valence-electron chi connectivity index (χ2n) is 3.97. The van der Waals surface area contributed by atoms with Crippen molar-refractivity contribution in [2.75, 3.05) is 6.54 Å². The van der Waals surface area contributed by atoms with Crippen molar-refractivity contribution in [1.29, 1.82) is 0 Å². The Hall–Kier alpha value is -1.41. The third-order valence-corrected chi connectivity index (χ3v) is 3.20. The maximum absolute atomic E-state index is 12.8. The minimum atomic E-state index is -4.44. The molecule has 0 unspecified atom stereocenters. The molecule has 0 saturated heterocycles. The third-order valence-electron chi connectivity index (χ3n) is 2.51. The van der Waals surface area contributed by atoms with Crippen molar-refractivity contribution in [2.45, 2.75) is 19.6 Å². The Labute approximate surface area is 121 Å². The van der Waals surface area contributed by atoms with Crippen molar-refractivity contribution in [3.05, 3.63) is 34.1 Å². The first-order valence-corrected chi connectivity index (χ1v) is 6.61. The van der Waals surface area contributed by atoms with Crippen LogP contribution in [0, 0.1) is 0 Å². The number of hydrogen-bond donors (Lipinski definition) is 1. The molecule has 0 aliphatic carbocycles. The van der Waals surface area contributed by atoms with Crippen molar-refractivity contribution >= 4 is 15.9 Å². The summed E-state index contributed by atoms with van der Waals surface area (Å²) in [6.45, 7) is 3.03. The van der Waals surface area contributed by atoms with E-state index in [0.717, 1.165) is 12.6 Å². The van der Waals surface area contributed by atoms with Crippen LogP contribution < -0.4 is 5.32 Å². The Balaban J connectivity index is 2.31. The minimum absolute atomic E-state index is 0.0267. The van der Waals surface area contributed by atoms with E-state index in [1.54, 1.807) is 0 Å². The molecule has 0 saturated carbocycles. The smallest absolute Gasteiger partial charge is 0.417 e. The van der Waals surface area contributed by atoms with E-state index in [4.69, 9.17) is 4.42 Å². The Kier molecular flexibility index (Phi) is 4.44. The third kappa shape index (κ3) is 3.37. The van der Waals surface area contributed by atoms with E-state index in [9.17, 15) is 13.2 Å². The Morgan fingerprint density at radius 3 is 2.70 bits per heavy atom. The summed E-state index contributed by atoms with van der Waals surface area (Å²) >= 11 is 2.88. The van der Waals surface area contributed by atoms with Crippen molar-refractivity contribution < 1.29 is 17.6 Å². The molecule has 0 amide bonds. The minimum Gasteiger partial charge on any atom is -0.419 e. The maximum Gasteiger partial charge on any atom is 0.417 e. The summed E-state index contributed by atoms with van der Waals surface area (Å²) in [5.74, 6) is 0.397. The molecule has 0 atom stereocenters. The molecule has 0 bridgehead atoms. The Bertz CT molecular complexity index is 598. The molecule has 0 aliphatic rings. The van der Waals surface area contributed by atoms with Gasteiger partial charge in [-0.25, -0.2) is 0 Å². The maximum atomic E-state index is 12.8. The number of rotatable bonds is 4. The lowest BCUT2D eigenvalue weighted by Crippen LogP contribution is -2.11. The van der Waals surface area contributed by atoms with E-state index in [-0.39, 0.29) is 15.9 Å². The molecule has 2 aromatic rings. The first-order valence-electron chi connectivity index (χ1n) is 5.82. The molecule has 0 aliphatic heterocycles. The van der Waals surface area contributed by atoms with Gasteiger partial charge in [0.25, 0.3) is 0 Å². The number of benzene rings is 1. The normalized spacial score (nSPS) is 11.8. The quantitative estimate of drug-likeness (QED) is 0.915. The molecule has 0 fully saturated rings. The first kappa shape index (κ1) is 15.0. The second-order valence-corrected chi connectivity index (χ2v) is 4.83. The van der Waals surface area contributed by atoms with Gasteiger partial charge in [-0.3, -0.25) is 0 Å². The summed E-state index contributed by atoms with van der Waals surface area (Å²) in [6, 6.07) is 3.78. The zero-order chi connectivity index (χ0) is 14.8. The van der Waals surface area contributed by atoms with Crippen LogP contribution in [0.5, 0.6) is 0 Å². The van der Waals surface area contributed by atoms with Gasteiger partial charge in [-0.2, -0.15) is 13.2 Å². The van der Waals surface area contributed by atoms with E-state index in [0.29, 0.717) is 12.4 Å². The monoisotopic (exact) mass is 349 g/mol. The number of nitrogens with one attached hydrogen (secondary N) is 1. The highest BCUT2D eigenvalue weighted by atomic mass is 79.9. The molecule has 1 aromatic carbocycles. The number of halogens is 4. The average Bonchev–Trinajstić information content (AvgIpc) is 2.84. The van der Waals surface area contributed by atoms with E-state index >= 15 is 0 Å². The van der Waals surface area contributed by atoms with Gasteiger partial charge in [0, 0.05) is 10.0 Å². The summed E-state index contributed by atoms with van der Waals surface area (Å²) < 4.78 is 43.7. The SMILES string of the molecule is CCNCc1nnc(-c2ccc(Br)c(C(F)(F)F)c2)o1. The summed E-state index contributed by atoms with van der Waals surface area (Å²) in [4.78, 5) is 0. The largest absolute Gasteiger partial charge is 0.419 e. The van der Waals surface area contributed by atoms with Gasteiger partial charge in [-0.15, -0.1) is 10.2 Å². The van der Waals surface area contributed by atoms with Crippen LogP contribution in [0.3, 0.4) is 0 Å². The van der Waals surface area contributed by atoms with E-state index < -0.39 is 11.7 Å². The molecule has 20 heavy (non-hydrogen) atoms. The van der Waals surface area contributed by atoms with Crippen LogP contribution in [-0.4, -0.2) is 16.7 Å². The van der Waals surface area contributed by atoms with Gasteiger partial charge in [0.05, 0.1) is 12.1 Å². The number of aromatic nitrogens is 2. The van der Waals surface area contributed by atoms with Crippen LogP contribution in [-0.2, 0) is 12.7 Å². The van der Waals surface area contributed by atoms with Gasteiger partial charge >= 0.3 is 6.18 Å². The molecule has 1 aromatic heterocycles. The average molecular weight is 350 g/mol. The topological polar surface area (TPSA) is 51.0 Å². The van der Waals surface area contributed by atoms with Crippen LogP contribution in [0.1, 0.15) is 18.4 Å². The van der Waals surface area contributed by atoms with Crippen molar-refractivity contribution in [3.8, 4) is 11.5 Å². The van der Waals surface area contributed by atoms with E-state index in [2.05, 4.69) is 31.4 Å². The zero-order valence-electron chi connectivity index (χ0n) is 10.5. The molecule has 108 valence electrons. The van der Waals surface area contributed by atoms with Crippen LogP contribution in [0.2, 0.25) is 0 Å². The molecular weight excluding hydrogens is 339 g/mol. The van der Waals surface area contributed by atoms with Gasteiger partial charge in [0.2, 0.25) is 11.8 Å². The second kappa shape index (κ2) is 5.92. The van der Waals surface area contributed by atoms with Crippen LogP contribution >= 0.6 is 15.9 Å². The summed E-state index contributed by atoms with van der Waals surface area (Å²) in [5.41, 5.74) is -0.544. The lowest BCUT2D eigenvalue weighted by molar-refractivity contribution is -0.138. The Morgan fingerprint density at radius 1 is 1.30 bits per heavy atom. The summed E-state index contributed by atoms with van der Waals surface area (Å²) in [7, 11) is 0. The molecule has 4 nitrogen and oxygen atoms in total. The highest BCUT2D eigenvalue weighted by Crippen LogP contribution is 2.37. The van der Waals surface area contributed by atoms with Gasteiger partial charge in [0.15, 0.2) is 0 Å². The van der Waals surface area contributed by atoms with Gasteiger partial charge in [-0.1, -0.05) is 22.9 Å². The highest BCUT2D eigenvalue weighted by Gasteiger charge is 2.33. The van der Waals surface area contributed by atoms with Gasteiger partial charge in [0.1, 0.15) is 0 Å².